The Hall–Kier alpha value is -2.12. The molecule has 1 saturated heterocycles. The van der Waals surface area contributed by atoms with E-state index in [-0.39, 0.29) is 5.56 Å². The van der Waals surface area contributed by atoms with Crippen molar-refractivity contribution in [1.29, 1.82) is 0 Å². The van der Waals surface area contributed by atoms with Gasteiger partial charge in [-0.3, -0.25) is 9.48 Å². The van der Waals surface area contributed by atoms with Gasteiger partial charge >= 0.3 is 0 Å². The van der Waals surface area contributed by atoms with Gasteiger partial charge in [0, 0.05) is 33.2 Å². The molecule has 0 spiro atoms. The molecule has 24 heavy (non-hydrogen) atoms. The number of rotatable bonds is 2. The molecule has 1 fully saturated rings. The molecule has 2 heterocycles. The summed E-state index contributed by atoms with van der Waals surface area (Å²) in [4.78, 5) is 17.3. The molecule has 0 amide bonds. The van der Waals surface area contributed by atoms with Crippen molar-refractivity contribution in [2.45, 2.75) is 6.92 Å². The fraction of sp³-hybridized carbons (Fsp3) is 0.412. The van der Waals surface area contributed by atoms with Crippen molar-refractivity contribution < 1.29 is 0 Å². The van der Waals surface area contributed by atoms with Gasteiger partial charge in [0.25, 0.3) is 5.56 Å². The standard InChI is InChI=1S/C17H23N5OS/c1-13-15(18-17(24)21-11-9-19(2)10-12-21)16(23)22(20(13)3)14-7-5-4-6-8-14/h4-8H,9-12H2,1-3H3,(H,18,24). The third-order valence-electron chi connectivity index (χ3n) is 4.58. The molecule has 7 heteroatoms. The Morgan fingerprint density at radius 3 is 2.33 bits per heavy atom. The first-order chi connectivity index (χ1) is 11.5. The Morgan fingerprint density at radius 2 is 1.71 bits per heavy atom. The van der Waals surface area contributed by atoms with Crippen LogP contribution in [0.15, 0.2) is 35.1 Å². The molecule has 1 N–H and O–H groups in total. The number of benzene rings is 1. The number of piperazine rings is 1. The lowest BCUT2D eigenvalue weighted by molar-refractivity contribution is 0.217. The number of nitrogens with zero attached hydrogens (tertiary/aromatic N) is 4. The molecule has 0 saturated carbocycles. The van der Waals surface area contributed by atoms with Gasteiger partial charge in [-0.15, -0.1) is 0 Å². The average Bonchev–Trinajstić information content (AvgIpc) is 2.80. The second-order valence-electron chi connectivity index (χ2n) is 6.16. The van der Waals surface area contributed by atoms with Crippen LogP contribution in [0.3, 0.4) is 0 Å². The fourth-order valence-corrected chi connectivity index (χ4v) is 3.19. The van der Waals surface area contributed by atoms with Crippen molar-refractivity contribution in [3.05, 3.63) is 46.4 Å². The molecule has 2 aromatic rings. The quantitative estimate of drug-likeness (QED) is 0.835. The van der Waals surface area contributed by atoms with Gasteiger partial charge in [-0.05, 0) is 38.3 Å². The number of hydrogen-bond donors (Lipinski definition) is 1. The summed E-state index contributed by atoms with van der Waals surface area (Å²) in [6.45, 7) is 5.63. The first-order valence-electron chi connectivity index (χ1n) is 8.07. The van der Waals surface area contributed by atoms with E-state index in [2.05, 4.69) is 22.2 Å². The van der Waals surface area contributed by atoms with Gasteiger partial charge in [-0.1, -0.05) is 18.2 Å². The highest BCUT2D eigenvalue weighted by molar-refractivity contribution is 7.80. The van der Waals surface area contributed by atoms with E-state index in [0.29, 0.717) is 10.8 Å². The predicted molar refractivity (Wildman–Crippen MR) is 101 cm³/mol. The van der Waals surface area contributed by atoms with Gasteiger partial charge in [0.2, 0.25) is 0 Å². The van der Waals surface area contributed by atoms with Crippen molar-refractivity contribution in [3.63, 3.8) is 0 Å². The van der Waals surface area contributed by atoms with Crippen LogP contribution < -0.4 is 10.9 Å². The SMILES string of the molecule is Cc1c(NC(=S)N2CCN(C)CC2)c(=O)n(-c2ccccc2)n1C. The number of hydrogen-bond acceptors (Lipinski definition) is 3. The van der Waals surface area contributed by atoms with Crippen molar-refractivity contribution in [1.82, 2.24) is 19.2 Å². The van der Waals surface area contributed by atoms with Crippen LogP contribution in [0.1, 0.15) is 5.69 Å². The molecule has 3 rings (SSSR count). The number of nitrogens with one attached hydrogen (secondary N) is 1. The average molecular weight is 345 g/mol. The van der Waals surface area contributed by atoms with E-state index in [1.807, 2.05) is 49.0 Å². The maximum atomic E-state index is 12.9. The second kappa shape index (κ2) is 6.78. The highest BCUT2D eigenvalue weighted by Gasteiger charge is 2.21. The lowest BCUT2D eigenvalue weighted by Gasteiger charge is -2.34. The number of para-hydroxylation sites is 1. The largest absolute Gasteiger partial charge is 0.346 e. The summed E-state index contributed by atoms with van der Waals surface area (Å²) in [5, 5.41) is 3.80. The Labute approximate surface area is 147 Å². The van der Waals surface area contributed by atoms with Crippen LogP contribution in [0.5, 0.6) is 0 Å². The molecule has 1 aliphatic rings. The summed E-state index contributed by atoms with van der Waals surface area (Å²) >= 11 is 5.52. The van der Waals surface area contributed by atoms with E-state index in [9.17, 15) is 4.79 Å². The highest BCUT2D eigenvalue weighted by Crippen LogP contribution is 2.15. The highest BCUT2D eigenvalue weighted by atomic mass is 32.1. The molecular formula is C17H23N5OS. The number of anilines is 1. The lowest BCUT2D eigenvalue weighted by atomic mass is 10.3. The molecule has 6 nitrogen and oxygen atoms in total. The summed E-state index contributed by atoms with van der Waals surface area (Å²) in [5.41, 5.74) is 2.16. The summed E-state index contributed by atoms with van der Waals surface area (Å²) < 4.78 is 3.51. The van der Waals surface area contributed by atoms with E-state index in [1.165, 1.54) is 0 Å². The van der Waals surface area contributed by atoms with Crippen LogP contribution in [0.2, 0.25) is 0 Å². The number of aromatic nitrogens is 2. The normalized spacial score (nSPS) is 15.5. The molecule has 0 bridgehead atoms. The van der Waals surface area contributed by atoms with E-state index in [4.69, 9.17) is 12.2 Å². The summed E-state index contributed by atoms with van der Waals surface area (Å²) in [7, 11) is 3.99. The minimum absolute atomic E-state index is 0.0855. The van der Waals surface area contributed by atoms with E-state index in [1.54, 1.807) is 4.68 Å². The third kappa shape index (κ3) is 3.09. The summed E-state index contributed by atoms with van der Waals surface area (Å²) in [5.74, 6) is 0. The van der Waals surface area contributed by atoms with Crippen LogP contribution in [0.25, 0.3) is 5.69 Å². The third-order valence-corrected chi connectivity index (χ3v) is 4.94. The van der Waals surface area contributed by atoms with Crippen molar-refractivity contribution >= 4 is 23.0 Å². The first kappa shape index (κ1) is 16.7. The minimum atomic E-state index is -0.0855. The summed E-state index contributed by atoms with van der Waals surface area (Å²) in [6, 6.07) is 9.62. The molecule has 1 aromatic heterocycles. The Balaban J connectivity index is 1.87. The van der Waals surface area contributed by atoms with Gasteiger partial charge in [-0.25, -0.2) is 4.68 Å². The zero-order chi connectivity index (χ0) is 17.3. The van der Waals surface area contributed by atoms with Crippen LogP contribution in [0.4, 0.5) is 5.69 Å². The topological polar surface area (TPSA) is 45.4 Å². The van der Waals surface area contributed by atoms with Crippen LogP contribution in [-0.2, 0) is 7.05 Å². The van der Waals surface area contributed by atoms with E-state index >= 15 is 0 Å². The van der Waals surface area contributed by atoms with Crippen molar-refractivity contribution in [3.8, 4) is 5.69 Å². The monoisotopic (exact) mass is 345 g/mol. The molecule has 0 unspecified atom stereocenters. The Kier molecular flexibility index (Phi) is 4.73. The zero-order valence-electron chi connectivity index (χ0n) is 14.3. The molecule has 0 atom stereocenters. The Bertz CT molecular complexity index is 787. The molecule has 1 aromatic carbocycles. The smallest absolute Gasteiger partial charge is 0.295 e. The van der Waals surface area contributed by atoms with Crippen molar-refractivity contribution in [2.75, 3.05) is 38.5 Å². The number of likely N-dealkylation sites (N-methyl/N-ethyl adjacent to an activating group) is 1. The summed E-state index contributed by atoms with van der Waals surface area (Å²) in [6.07, 6.45) is 0. The zero-order valence-corrected chi connectivity index (χ0v) is 15.1. The fourth-order valence-electron chi connectivity index (χ4n) is 2.91. The van der Waals surface area contributed by atoms with Crippen LogP contribution in [0, 0.1) is 6.92 Å². The van der Waals surface area contributed by atoms with Gasteiger partial charge in [0.05, 0.1) is 11.4 Å². The lowest BCUT2D eigenvalue weighted by Crippen LogP contribution is -2.48. The maximum Gasteiger partial charge on any atom is 0.295 e. The number of thiocarbonyl (C=S) groups is 1. The minimum Gasteiger partial charge on any atom is -0.346 e. The Morgan fingerprint density at radius 1 is 1.08 bits per heavy atom. The second-order valence-corrected chi connectivity index (χ2v) is 6.54. The van der Waals surface area contributed by atoms with Crippen molar-refractivity contribution in [2.24, 2.45) is 7.05 Å². The van der Waals surface area contributed by atoms with E-state index in [0.717, 1.165) is 37.6 Å². The first-order valence-corrected chi connectivity index (χ1v) is 8.48. The maximum absolute atomic E-state index is 12.9. The van der Waals surface area contributed by atoms with Gasteiger partial charge in [0.1, 0.15) is 5.69 Å². The van der Waals surface area contributed by atoms with Gasteiger partial charge < -0.3 is 15.1 Å². The molecule has 0 radical (unpaired) electrons. The van der Waals surface area contributed by atoms with Gasteiger partial charge in [-0.2, -0.15) is 0 Å². The van der Waals surface area contributed by atoms with E-state index < -0.39 is 0 Å². The van der Waals surface area contributed by atoms with Crippen LogP contribution in [-0.4, -0.2) is 57.5 Å². The predicted octanol–water partition coefficient (Wildman–Crippen LogP) is 1.43. The van der Waals surface area contributed by atoms with Gasteiger partial charge in [0.15, 0.2) is 5.11 Å². The molecular weight excluding hydrogens is 322 g/mol. The van der Waals surface area contributed by atoms with Crippen LogP contribution >= 0.6 is 12.2 Å². The molecule has 128 valence electrons. The molecule has 1 aliphatic heterocycles. The molecule has 0 aliphatic carbocycles.